The summed E-state index contributed by atoms with van der Waals surface area (Å²) in [5.74, 6) is -1.27. The molecule has 0 saturated carbocycles. The summed E-state index contributed by atoms with van der Waals surface area (Å²) in [6.45, 7) is 0. The lowest BCUT2D eigenvalue weighted by molar-refractivity contribution is -0.138. The molecule has 0 bridgehead atoms. The third-order valence-corrected chi connectivity index (χ3v) is 1.69. The highest BCUT2D eigenvalue weighted by Gasteiger charge is 2.35. The van der Waals surface area contributed by atoms with Crippen LogP contribution in [0.4, 0.5) is 17.6 Å². The molecule has 0 radical (unpaired) electrons. The highest BCUT2D eigenvalue weighted by atomic mass is 35.5. The summed E-state index contributed by atoms with van der Waals surface area (Å²) >= 11 is 5.24. The molecule has 0 aliphatic carbocycles. The van der Waals surface area contributed by atoms with Crippen LogP contribution in [0.5, 0.6) is 0 Å². The molecule has 0 fully saturated rings. The molecule has 0 aromatic heterocycles. The summed E-state index contributed by atoms with van der Waals surface area (Å²) in [7, 11) is 0. The van der Waals surface area contributed by atoms with Crippen molar-refractivity contribution < 1.29 is 17.6 Å². The minimum absolute atomic E-state index is 0.395. The molecule has 6 heteroatoms. The molecule has 74 valence electrons. The van der Waals surface area contributed by atoms with E-state index in [9.17, 15) is 17.6 Å². The molecule has 1 aromatic rings. The summed E-state index contributed by atoms with van der Waals surface area (Å²) < 4.78 is 49.5. The zero-order valence-electron chi connectivity index (χ0n) is 6.49. The van der Waals surface area contributed by atoms with Crippen LogP contribution in [0.1, 0.15) is 11.1 Å². The molecule has 0 spiro atoms. The maximum atomic E-state index is 12.8. The summed E-state index contributed by atoms with van der Waals surface area (Å²) in [6.07, 6.45) is -4.78. The van der Waals surface area contributed by atoms with E-state index in [0.29, 0.717) is 12.1 Å². The average Bonchev–Trinajstić information content (AvgIpc) is 2.01. The van der Waals surface area contributed by atoms with Crippen LogP contribution in [0, 0.1) is 17.1 Å². The summed E-state index contributed by atoms with van der Waals surface area (Å²) in [4.78, 5) is 0. The minimum Gasteiger partial charge on any atom is -0.205 e. The van der Waals surface area contributed by atoms with E-state index in [1.165, 1.54) is 0 Å². The topological polar surface area (TPSA) is 23.8 Å². The van der Waals surface area contributed by atoms with E-state index >= 15 is 0 Å². The largest absolute Gasteiger partial charge is 0.417 e. The van der Waals surface area contributed by atoms with E-state index < -0.39 is 28.1 Å². The second-order valence-corrected chi connectivity index (χ2v) is 2.86. The van der Waals surface area contributed by atoms with E-state index in [4.69, 9.17) is 16.9 Å². The Kier molecular flexibility index (Phi) is 2.67. The van der Waals surface area contributed by atoms with E-state index in [2.05, 4.69) is 0 Å². The fourth-order valence-electron chi connectivity index (χ4n) is 0.911. The van der Waals surface area contributed by atoms with Crippen molar-refractivity contribution in [2.45, 2.75) is 6.18 Å². The quantitative estimate of drug-likeness (QED) is 0.619. The molecule has 1 rings (SSSR count). The highest BCUT2D eigenvalue weighted by Crippen LogP contribution is 2.34. The monoisotopic (exact) mass is 223 g/mol. The fourth-order valence-corrected chi connectivity index (χ4v) is 1.12. The lowest BCUT2D eigenvalue weighted by Crippen LogP contribution is -2.09. The van der Waals surface area contributed by atoms with Gasteiger partial charge in [0.15, 0.2) is 0 Å². The second-order valence-electron chi connectivity index (χ2n) is 2.42. The van der Waals surface area contributed by atoms with Gasteiger partial charge in [-0.1, -0.05) is 11.6 Å². The first kappa shape index (κ1) is 10.8. The average molecular weight is 224 g/mol. The van der Waals surface area contributed by atoms with Crippen LogP contribution in [0.2, 0.25) is 5.02 Å². The molecule has 0 aliphatic heterocycles. The van der Waals surface area contributed by atoms with Gasteiger partial charge in [0, 0.05) is 5.02 Å². The van der Waals surface area contributed by atoms with Crippen molar-refractivity contribution in [1.29, 1.82) is 5.26 Å². The van der Waals surface area contributed by atoms with Gasteiger partial charge in [-0.2, -0.15) is 18.4 Å². The van der Waals surface area contributed by atoms with Crippen molar-refractivity contribution in [2.75, 3.05) is 0 Å². The molecule has 1 nitrogen and oxygen atoms in total. The van der Waals surface area contributed by atoms with Crippen molar-refractivity contribution in [1.82, 2.24) is 0 Å². The fraction of sp³-hybridized carbons (Fsp3) is 0.125. The van der Waals surface area contributed by atoms with Crippen LogP contribution in [-0.4, -0.2) is 0 Å². The molecular weight excluding hydrogens is 222 g/mol. The lowest BCUT2D eigenvalue weighted by atomic mass is 10.1. The molecule has 14 heavy (non-hydrogen) atoms. The Balaban J connectivity index is 3.50. The van der Waals surface area contributed by atoms with Gasteiger partial charge in [-0.15, -0.1) is 0 Å². The Morgan fingerprint density at radius 2 is 1.86 bits per heavy atom. The molecule has 0 unspecified atom stereocenters. The Bertz CT molecular complexity index is 405. The molecule has 0 saturated heterocycles. The first-order valence-corrected chi connectivity index (χ1v) is 3.70. The van der Waals surface area contributed by atoms with Gasteiger partial charge in [0.25, 0.3) is 0 Å². The van der Waals surface area contributed by atoms with Crippen LogP contribution in [0.25, 0.3) is 0 Å². The van der Waals surface area contributed by atoms with Gasteiger partial charge < -0.3 is 0 Å². The standard InChI is InChI=1S/C8H2ClF4N/c9-4-1-6(8(11,12)13)5(3-14)7(10)2-4/h1-2H. The molecule has 0 N–H and O–H groups in total. The van der Waals surface area contributed by atoms with Gasteiger partial charge in [0.05, 0.1) is 11.1 Å². The zero-order chi connectivity index (χ0) is 10.9. The SMILES string of the molecule is N#Cc1c(F)cc(Cl)cc1C(F)(F)F. The van der Waals surface area contributed by atoms with Crippen LogP contribution in [0.3, 0.4) is 0 Å². The maximum Gasteiger partial charge on any atom is 0.417 e. The predicted octanol–water partition coefficient (Wildman–Crippen LogP) is 3.37. The van der Waals surface area contributed by atoms with Crippen molar-refractivity contribution in [2.24, 2.45) is 0 Å². The van der Waals surface area contributed by atoms with Crippen molar-refractivity contribution in [3.63, 3.8) is 0 Å². The van der Waals surface area contributed by atoms with Crippen LogP contribution in [-0.2, 0) is 6.18 Å². The molecular formula is C8H2ClF4N. The Morgan fingerprint density at radius 3 is 2.29 bits per heavy atom. The molecule has 0 heterocycles. The Labute approximate surface area is 81.5 Å². The van der Waals surface area contributed by atoms with Crippen LogP contribution in [0.15, 0.2) is 12.1 Å². The summed E-state index contributed by atoms with van der Waals surface area (Å²) in [5, 5.41) is 7.93. The first-order chi connectivity index (χ1) is 6.36. The molecule has 0 aliphatic rings. The highest BCUT2D eigenvalue weighted by molar-refractivity contribution is 6.30. The number of hydrogen-bond donors (Lipinski definition) is 0. The zero-order valence-corrected chi connectivity index (χ0v) is 7.25. The van der Waals surface area contributed by atoms with Gasteiger partial charge in [-0.25, -0.2) is 4.39 Å². The summed E-state index contributed by atoms with van der Waals surface area (Å²) in [5.41, 5.74) is -2.40. The van der Waals surface area contributed by atoms with Crippen molar-refractivity contribution in [3.05, 3.63) is 34.1 Å². The Morgan fingerprint density at radius 1 is 1.29 bits per heavy atom. The van der Waals surface area contributed by atoms with Crippen molar-refractivity contribution in [3.8, 4) is 6.07 Å². The minimum atomic E-state index is -4.78. The Hall–Kier alpha value is -1.28. The number of rotatable bonds is 0. The van der Waals surface area contributed by atoms with Crippen LogP contribution < -0.4 is 0 Å². The number of nitriles is 1. The van der Waals surface area contributed by atoms with E-state index in [1.54, 1.807) is 0 Å². The van der Waals surface area contributed by atoms with Crippen LogP contribution >= 0.6 is 11.6 Å². The predicted molar refractivity (Wildman–Crippen MR) is 41.1 cm³/mol. The van der Waals surface area contributed by atoms with Gasteiger partial charge in [-0.05, 0) is 12.1 Å². The van der Waals surface area contributed by atoms with Crippen molar-refractivity contribution >= 4 is 11.6 Å². The van der Waals surface area contributed by atoms with E-state index in [1.807, 2.05) is 0 Å². The third-order valence-electron chi connectivity index (χ3n) is 1.47. The van der Waals surface area contributed by atoms with E-state index in [-0.39, 0.29) is 0 Å². The second kappa shape index (κ2) is 3.46. The number of nitrogens with zero attached hydrogens (tertiary/aromatic N) is 1. The van der Waals surface area contributed by atoms with Gasteiger partial charge in [-0.3, -0.25) is 0 Å². The first-order valence-electron chi connectivity index (χ1n) is 3.32. The third kappa shape index (κ3) is 1.96. The maximum absolute atomic E-state index is 12.8. The van der Waals surface area contributed by atoms with Gasteiger partial charge in [0.2, 0.25) is 0 Å². The smallest absolute Gasteiger partial charge is 0.205 e. The normalized spacial score (nSPS) is 11.1. The number of hydrogen-bond acceptors (Lipinski definition) is 1. The van der Waals surface area contributed by atoms with Gasteiger partial charge in [0.1, 0.15) is 11.9 Å². The van der Waals surface area contributed by atoms with Gasteiger partial charge >= 0.3 is 6.18 Å². The molecule has 0 amide bonds. The number of benzene rings is 1. The molecule has 1 aromatic carbocycles. The summed E-state index contributed by atoms with van der Waals surface area (Å²) in [6, 6.07) is 2.32. The molecule has 0 atom stereocenters. The number of halogens is 5. The number of alkyl halides is 3. The van der Waals surface area contributed by atoms with E-state index in [0.717, 1.165) is 6.07 Å². The lowest BCUT2D eigenvalue weighted by Gasteiger charge is -2.09.